The highest BCUT2D eigenvalue weighted by molar-refractivity contribution is 6.12. The van der Waals surface area contributed by atoms with Crippen LogP contribution in [0.1, 0.15) is 101 Å². The number of hydrogen-bond donors (Lipinski definition) is 0. The van der Waals surface area contributed by atoms with E-state index in [1.165, 1.54) is 72.3 Å². The highest BCUT2D eigenvalue weighted by Crippen LogP contribution is 2.59. The molecule has 0 spiro atoms. The number of benzene rings is 5. The first-order valence-electron chi connectivity index (χ1n) is 20.7. The predicted molar refractivity (Wildman–Crippen MR) is 241 cm³/mol. The molecule has 0 unspecified atom stereocenters. The fourth-order valence-electron chi connectivity index (χ4n) is 10.6. The first-order valence-corrected chi connectivity index (χ1v) is 20.7. The Labute approximate surface area is 341 Å². The normalized spacial score (nSPS) is 16.7. The minimum absolute atomic E-state index is 0.0242. The van der Waals surface area contributed by atoms with Crippen LogP contribution in [-0.2, 0) is 21.7 Å². The highest BCUT2D eigenvalue weighted by Gasteiger charge is 2.44. The topological polar surface area (TPSA) is 37.2 Å². The van der Waals surface area contributed by atoms with Gasteiger partial charge in [0.15, 0.2) is 0 Å². The van der Waals surface area contributed by atoms with Gasteiger partial charge in [0.1, 0.15) is 11.6 Å². The molecule has 3 aliphatic heterocycles. The van der Waals surface area contributed by atoms with E-state index in [4.69, 9.17) is 9.97 Å². The Bertz CT molecular complexity index is 3040. The van der Waals surface area contributed by atoms with Gasteiger partial charge in [-0.15, -0.1) is 0 Å². The summed E-state index contributed by atoms with van der Waals surface area (Å²) in [6.45, 7) is 21.0. The number of nitrogens with zero attached hydrogens (tertiary/aromatic N) is 5. The van der Waals surface area contributed by atoms with Crippen LogP contribution in [0.5, 0.6) is 0 Å². The smallest absolute Gasteiger partial charge is 0.141 e. The van der Waals surface area contributed by atoms with Crippen LogP contribution in [-0.4, -0.2) is 14.5 Å². The molecule has 5 heteroatoms. The van der Waals surface area contributed by atoms with E-state index in [9.17, 15) is 0 Å². The number of hydrogen-bond acceptors (Lipinski definition) is 4. The van der Waals surface area contributed by atoms with Gasteiger partial charge in [-0.25, -0.2) is 9.97 Å². The maximum Gasteiger partial charge on any atom is 0.141 e. The third-order valence-corrected chi connectivity index (χ3v) is 13.8. The Morgan fingerprint density at radius 1 is 0.466 bits per heavy atom. The Morgan fingerprint density at radius 2 is 1.09 bits per heavy atom. The van der Waals surface area contributed by atoms with E-state index in [2.05, 4.69) is 198 Å². The van der Waals surface area contributed by atoms with Gasteiger partial charge in [0.2, 0.25) is 0 Å². The lowest BCUT2D eigenvalue weighted by molar-refractivity contribution is 0.589. The van der Waals surface area contributed by atoms with Gasteiger partial charge in [0.05, 0.1) is 33.8 Å². The third kappa shape index (κ3) is 4.53. The van der Waals surface area contributed by atoms with Crippen molar-refractivity contribution in [3.63, 3.8) is 0 Å². The lowest BCUT2D eigenvalue weighted by atomic mass is 9.68. The van der Waals surface area contributed by atoms with Crippen LogP contribution in [0.25, 0.3) is 27.6 Å². The van der Waals surface area contributed by atoms with E-state index in [1.54, 1.807) is 0 Å². The van der Waals surface area contributed by atoms with Crippen molar-refractivity contribution in [2.75, 3.05) is 9.80 Å². The number of pyridine rings is 2. The van der Waals surface area contributed by atoms with Crippen LogP contribution in [0, 0.1) is 0 Å². The maximum absolute atomic E-state index is 5.09. The van der Waals surface area contributed by atoms with Crippen molar-refractivity contribution in [1.82, 2.24) is 14.5 Å². The zero-order valence-electron chi connectivity index (χ0n) is 34.9. The Morgan fingerprint density at radius 3 is 1.79 bits per heavy atom. The molecule has 11 rings (SSSR count). The molecule has 0 bridgehead atoms. The van der Waals surface area contributed by atoms with Crippen LogP contribution in [0.15, 0.2) is 134 Å². The van der Waals surface area contributed by atoms with E-state index >= 15 is 0 Å². The van der Waals surface area contributed by atoms with E-state index in [1.807, 2.05) is 12.4 Å². The van der Waals surface area contributed by atoms with Gasteiger partial charge in [0, 0.05) is 50.7 Å². The summed E-state index contributed by atoms with van der Waals surface area (Å²) in [4.78, 5) is 15.1. The average Bonchev–Trinajstić information content (AvgIpc) is 3.54. The Hall–Kier alpha value is -6.20. The molecule has 58 heavy (non-hydrogen) atoms. The fourth-order valence-corrected chi connectivity index (χ4v) is 10.6. The molecular formula is C53H49N5. The largest absolute Gasteiger partial charge is 0.310 e. The number of rotatable bonds is 2. The lowest BCUT2D eigenvalue weighted by Crippen LogP contribution is -2.35. The molecule has 0 radical (unpaired) electrons. The molecule has 286 valence electrons. The van der Waals surface area contributed by atoms with Crippen LogP contribution >= 0.6 is 0 Å². The quantitative estimate of drug-likeness (QED) is 0.176. The van der Waals surface area contributed by atoms with Crippen molar-refractivity contribution in [3.05, 3.63) is 173 Å². The number of para-hydroxylation sites is 3. The lowest BCUT2D eigenvalue weighted by Gasteiger charge is -2.46. The minimum atomic E-state index is -0.261. The summed E-state index contributed by atoms with van der Waals surface area (Å²) >= 11 is 0. The second-order valence-corrected chi connectivity index (χ2v) is 19.2. The zero-order valence-corrected chi connectivity index (χ0v) is 34.9. The average molecular weight is 756 g/mol. The molecule has 6 heterocycles. The second kappa shape index (κ2) is 11.5. The second-order valence-electron chi connectivity index (χ2n) is 19.2. The van der Waals surface area contributed by atoms with E-state index < -0.39 is 0 Å². The van der Waals surface area contributed by atoms with Crippen LogP contribution in [0.4, 0.5) is 34.3 Å². The van der Waals surface area contributed by atoms with Gasteiger partial charge in [-0.3, -0.25) is 9.47 Å². The van der Waals surface area contributed by atoms with Gasteiger partial charge in [-0.2, -0.15) is 0 Å². The molecule has 0 amide bonds. The molecule has 0 saturated heterocycles. The van der Waals surface area contributed by atoms with Gasteiger partial charge >= 0.3 is 0 Å². The number of fused-ring (bicyclic) bond motifs is 9. The predicted octanol–water partition coefficient (Wildman–Crippen LogP) is 13.7. The number of aromatic nitrogens is 3. The molecule has 0 N–H and O–H groups in total. The van der Waals surface area contributed by atoms with E-state index in [-0.39, 0.29) is 21.7 Å². The van der Waals surface area contributed by atoms with Crippen molar-refractivity contribution in [1.29, 1.82) is 0 Å². The monoisotopic (exact) mass is 755 g/mol. The Kier molecular flexibility index (Phi) is 6.92. The van der Waals surface area contributed by atoms with Crippen molar-refractivity contribution in [3.8, 4) is 5.82 Å². The van der Waals surface area contributed by atoms with Crippen LogP contribution in [0.3, 0.4) is 0 Å². The molecule has 5 nitrogen and oxygen atoms in total. The van der Waals surface area contributed by atoms with Gasteiger partial charge in [-0.1, -0.05) is 129 Å². The highest BCUT2D eigenvalue weighted by atomic mass is 15.2. The van der Waals surface area contributed by atoms with Crippen LogP contribution in [0.2, 0.25) is 0 Å². The SMILES string of the molecule is CC(C)(C)c1ccnc(N2c3ccccc3C(C)(C)c3cc4c(cc32)N(c2ccc3c5cccc6c5n(c3c2)-c2ncccc2C6(C)C)c2ccccc2C4(C)C)c1. The van der Waals surface area contributed by atoms with Crippen molar-refractivity contribution in [2.45, 2.75) is 84.0 Å². The maximum atomic E-state index is 5.09. The first kappa shape index (κ1) is 35.0. The summed E-state index contributed by atoms with van der Waals surface area (Å²) in [5.41, 5.74) is 16.6. The summed E-state index contributed by atoms with van der Waals surface area (Å²) in [7, 11) is 0. The number of anilines is 6. The first-order chi connectivity index (χ1) is 27.7. The molecule has 3 aromatic heterocycles. The molecule has 5 aromatic carbocycles. The standard InChI is InChI=1S/C53H49N5/c1-50(2,3)32-25-27-54-47(28-32)57-43-22-13-11-18-37(43)52(6,7)41-30-40-45(31-46(41)57)56(42-21-12-10-17-36(42)51(40,4)5)33-23-24-34-35-16-14-19-38-48(35)58(44(34)29-33)49-39(53(38,8)9)20-15-26-55-49/h10-31H,1-9H3. The van der Waals surface area contributed by atoms with Crippen molar-refractivity contribution in [2.24, 2.45) is 0 Å². The van der Waals surface area contributed by atoms with E-state index in [0.29, 0.717) is 0 Å². The minimum Gasteiger partial charge on any atom is -0.310 e. The molecular weight excluding hydrogens is 707 g/mol. The zero-order chi connectivity index (χ0) is 40.1. The molecule has 0 aliphatic carbocycles. The molecule has 8 aromatic rings. The summed E-state index contributed by atoms with van der Waals surface area (Å²) in [5.74, 6) is 1.95. The van der Waals surface area contributed by atoms with E-state index in [0.717, 1.165) is 28.5 Å². The van der Waals surface area contributed by atoms with Gasteiger partial charge in [-0.05, 0) is 93.4 Å². The summed E-state index contributed by atoms with van der Waals surface area (Å²) in [6, 6.07) is 45.5. The summed E-state index contributed by atoms with van der Waals surface area (Å²) in [6.07, 6.45) is 3.91. The fraction of sp³-hybridized carbons (Fsp3) is 0.245. The molecule has 0 fully saturated rings. The van der Waals surface area contributed by atoms with Crippen LogP contribution < -0.4 is 9.80 Å². The van der Waals surface area contributed by atoms with Gasteiger partial charge in [0.25, 0.3) is 0 Å². The Balaban J connectivity index is 1.21. The molecule has 0 atom stereocenters. The van der Waals surface area contributed by atoms with Crippen molar-refractivity contribution >= 4 is 56.1 Å². The van der Waals surface area contributed by atoms with Crippen molar-refractivity contribution < 1.29 is 0 Å². The summed E-state index contributed by atoms with van der Waals surface area (Å²) in [5, 5.41) is 2.50. The molecule has 3 aliphatic rings. The molecule has 0 saturated carbocycles. The third-order valence-electron chi connectivity index (χ3n) is 13.8. The summed E-state index contributed by atoms with van der Waals surface area (Å²) < 4.78 is 2.42. The van der Waals surface area contributed by atoms with Gasteiger partial charge < -0.3 is 4.90 Å².